The average molecular weight is 249 g/mol. The molecule has 2 aromatic heterocycles. The number of carboxylic acids is 1. The van der Waals surface area contributed by atoms with Crippen LogP contribution in [0.1, 0.15) is 26.5 Å². The topological polar surface area (TPSA) is 115 Å². The van der Waals surface area contributed by atoms with Crippen LogP contribution in [0.15, 0.2) is 18.7 Å². The predicted molar refractivity (Wildman–Crippen MR) is 59.9 cm³/mol. The summed E-state index contributed by atoms with van der Waals surface area (Å²) < 4.78 is 0. The molecule has 1 amide bonds. The second-order valence-corrected chi connectivity index (χ2v) is 3.70. The largest absolute Gasteiger partial charge is 0.477 e. The molecular formula is C10H11N5O3. The normalized spacial score (nSPS) is 10.3. The smallest absolute Gasteiger partial charge is 0.354 e. The van der Waals surface area contributed by atoms with Gasteiger partial charge in [0, 0.05) is 25.4 Å². The van der Waals surface area contributed by atoms with Crippen molar-refractivity contribution in [2.24, 2.45) is 0 Å². The van der Waals surface area contributed by atoms with Gasteiger partial charge in [-0.3, -0.25) is 9.89 Å². The highest BCUT2D eigenvalue weighted by atomic mass is 16.4. The number of imidazole rings is 1. The molecule has 0 atom stereocenters. The number of carbonyl (C=O) groups excluding carboxylic acids is 1. The number of aromatic nitrogens is 4. The van der Waals surface area contributed by atoms with Crippen molar-refractivity contribution in [1.29, 1.82) is 0 Å². The molecule has 0 radical (unpaired) electrons. The van der Waals surface area contributed by atoms with Crippen molar-refractivity contribution in [3.05, 3.63) is 35.7 Å². The zero-order valence-corrected chi connectivity index (χ0v) is 9.54. The van der Waals surface area contributed by atoms with Gasteiger partial charge in [-0.2, -0.15) is 5.10 Å². The molecule has 2 rings (SSSR count). The first-order valence-corrected chi connectivity index (χ1v) is 5.09. The van der Waals surface area contributed by atoms with Crippen LogP contribution in [0.25, 0.3) is 0 Å². The van der Waals surface area contributed by atoms with Gasteiger partial charge in [0.05, 0.1) is 12.5 Å². The minimum absolute atomic E-state index is 0.103. The standard InChI is InChI=1S/C10H11N5O3/c1-15(4-6-2-13-14-3-6)9(16)7-8(10(17)18)12-5-11-7/h2-3,5H,4H2,1H3,(H,11,12)(H,13,14)(H,17,18). The Morgan fingerprint density at radius 3 is 2.89 bits per heavy atom. The van der Waals surface area contributed by atoms with Gasteiger partial charge in [0.2, 0.25) is 0 Å². The molecule has 18 heavy (non-hydrogen) atoms. The van der Waals surface area contributed by atoms with Crippen LogP contribution in [0.5, 0.6) is 0 Å². The Balaban J connectivity index is 2.15. The van der Waals surface area contributed by atoms with E-state index >= 15 is 0 Å². The van der Waals surface area contributed by atoms with Crippen LogP contribution in [0.3, 0.4) is 0 Å². The minimum atomic E-state index is -1.22. The molecule has 0 bridgehead atoms. The molecule has 0 saturated heterocycles. The van der Waals surface area contributed by atoms with Crippen LogP contribution >= 0.6 is 0 Å². The lowest BCUT2D eigenvalue weighted by atomic mass is 10.2. The lowest BCUT2D eigenvalue weighted by Crippen LogP contribution is -2.27. The summed E-state index contributed by atoms with van der Waals surface area (Å²) in [5.41, 5.74) is 0.505. The Hall–Kier alpha value is -2.64. The summed E-state index contributed by atoms with van der Waals surface area (Å²) in [6, 6.07) is 0. The minimum Gasteiger partial charge on any atom is -0.477 e. The first kappa shape index (κ1) is 11.8. The summed E-state index contributed by atoms with van der Waals surface area (Å²) in [7, 11) is 1.57. The molecule has 8 nitrogen and oxygen atoms in total. The first-order valence-electron chi connectivity index (χ1n) is 5.09. The molecule has 2 aromatic rings. The molecule has 3 N–H and O–H groups in total. The number of rotatable bonds is 4. The lowest BCUT2D eigenvalue weighted by Gasteiger charge is -2.14. The van der Waals surface area contributed by atoms with Crippen molar-refractivity contribution in [2.75, 3.05) is 7.05 Å². The van der Waals surface area contributed by atoms with Gasteiger partial charge < -0.3 is 15.0 Å². The van der Waals surface area contributed by atoms with Crippen molar-refractivity contribution in [1.82, 2.24) is 25.1 Å². The Labute approximate surface area is 102 Å². The number of carboxylic acid groups (broad SMARTS) is 1. The number of hydrogen-bond donors (Lipinski definition) is 3. The monoisotopic (exact) mass is 249 g/mol. The number of nitrogens with zero attached hydrogens (tertiary/aromatic N) is 3. The second-order valence-electron chi connectivity index (χ2n) is 3.70. The van der Waals surface area contributed by atoms with E-state index < -0.39 is 11.9 Å². The van der Waals surface area contributed by atoms with Gasteiger partial charge in [-0.1, -0.05) is 0 Å². The van der Waals surface area contributed by atoms with Crippen molar-refractivity contribution >= 4 is 11.9 Å². The summed E-state index contributed by atoms with van der Waals surface area (Å²) in [6.45, 7) is 0.321. The van der Waals surface area contributed by atoms with Crippen molar-refractivity contribution in [2.45, 2.75) is 6.54 Å². The van der Waals surface area contributed by atoms with Gasteiger partial charge in [-0.05, 0) is 0 Å². The number of aromatic amines is 2. The Morgan fingerprint density at radius 1 is 1.50 bits per heavy atom. The fourth-order valence-corrected chi connectivity index (χ4v) is 1.51. The molecule has 2 heterocycles. The van der Waals surface area contributed by atoms with E-state index in [0.29, 0.717) is 6.54 Å². The van der Waals surface area contributed by atoms with Gasteiger partial charge in [-0.15, -0.1) is 0 Å². The molecule has 8 heteroatoms. The summed E-state index contributed by atoms with van der Waals surface area (Å²) in [5, 5.41) is 15.3. The van der Waals surface area contributed by atoms with E-state index in [9.17, 15) is 9.59 Å². The van der Waals surface area contributed by atoms with Gasteiger partial charge >= 0.3 is 5.97 Å². The lowest BCUT2D eigenvalue weighted by molar-refractivity contribution is 0.0674. The van der Waals surface area contributed by atoms with Gasteiger partial charge in [0.15, 0.2) is 11.4 Å². The summed E-state index contributed by atoms with van der Waals surface area (Å²) in [6.07, 6.45) is 4.43. The van der Waals surface area contributed by atoms with Crippen molar-refractivity contribution in [3.8, 4) is 0 Å². The maximum Gasteiger partial charge on any atom is 0.354 e. The molecule has 0 spiro atoms. The third kappa shape index (κ3) is 2.21. The molecular weight excluding hydrogens is 238 g/mol. The predicted octanol–water partition coefficient (Wildman–Crippen LogP) is 0.103. The molecule has 0 saturated carbocycles. The maximum atomic E-state index is 12.0. The molecule has 94 valence electrons. The van der Waals surface area contributed by atoms with E-state index in [-0.39, 0.29) is 11.4 Å². The zero-order valence-electron chi connectivity index (χ0n) is 9.54. The van der Waals surface area contributed by atoms with Gasteiger partial charge in [-0.25, -0.2) is 9.78 Å². The number of carbonyl (C=O) groups is 2. The fourth-order valence-electron chi connectivity index (χ4n) is 1.51. The third-order valence-corrected chi connectivity index (χ3v) is 2.38. The highest BCUT2D eigenvalue weighted by Crippen LogP contribution is 2.08. The van der Waals surface area contributed by atoms with E-state index in [1.165, 1.54) is 11.2 Å². The molecule has 0 unspecified atom stereocenters. The molecule has 0 aromatic carbocycles. The molecule has 0 aliphatic heterocycles. The maximum absolute atomic E-state index is 12.0. The van der Waals surface area contributed by atoms with E-state index in [4.69, 9.17) is 5.11 Å². The first-order chi connectivity index (χ1) is 8.59. The number of nitrogens with one attached hydrogen (secondary N) is 2. The van der Waals surface area contributed by atoms with Crippen LogP contribution in [0, 0.1) is 0 Å². The summed E-state index contributed by atoms with van der Waals surface area (Å²) in [4.78, 5) is 30.4. The number of amides is 1. The Morgan fingerprint density at radius 2 is 2.28 bits per heavy atom. The quantitative estimate of drug-likeness (QED) is 0.711. The van der Waals surface area contributed by atoms with Crippen LogP contribution < -0.4 is 0 Å². The third-order valence-electron chi connectivity index (χ3n) is 2.38. The van der Waals surface area contributed by atoms with Gasteiger partial charge in [0.25, 0.3) is 5.91 Å². The molecule has 0 aliphatic carbocycles. The second kappa shape index (κ2) is 4.70. The van der Waals surface area contributed by atoms with Crippen LogP contribution in [0.2, 0.25) is 0 Å². The number of aromatic carboxylic acids is 1. The fraction of sp³-hybridized carbons (Fsp3) is 0.200. The highest BCUT2D eigenvalue weighted by molar-refractivity contribution is 6.02. The van der Waals surface area contributed by atoms with Crippen LogP contribution in [0.4, 0.5) is 0 Å². The number of H-pyrrole nitrogens is 2. The molecule has 0 aliphatic rings. The van der Waals surface area contributed by atoms with E-state index in [2.05, 4.69) is 20.2 Å². The number of hydrogen-bond acceptors (Lipinski definition) is 4. The van der Waals surface area contributed by atoms with E-state index in [1.54, 1.807) is 19.4 Å². The van der Waals surface area contributed by atoms with Gasteiger partial charge in [0.1, 0.15) is 0 Å². The molecule has 0 fully saturated rings. The Bertz CT molecular complexity index is 560. The van der Waals surface area contributed by atoms with Crippen molar-refractivity contribution in [3.63, 3.8) is 0 Å². The van der Waals surface area contributed by atoms with Crippen LogP contribution in [-0.2, 0) is 6.54 Å². The van der Waals surface area contributed by atoms with Crippen molar-refractivity contribution < 1.29 is 14.7 Å². The van der Waals surface area contributed by atoms with E-state index in [0.717, 1.165) is 5.56 Å². The SMILES string of the molecule is CN(Cc1cn[nH]c1)C(=O)c1nc[nH]c1C(=O)O. The summed E-state index contributed by atoms with van der Waals surface area (Å²) in [5.74, 6) is -1.68. The van der Waals surface area contributed by atoms with Crippen LogP contribution in [-0.4, -0.2) is 49.1 Å². The average Bonchev–Trinajstić information content (AvgIpc) is 2.97. The highest BCUT2D eigenvalue weighted by Gasteiger charge is 2.22. The van der Waals surface area contributed by atoms with E-state index in [1.807, 2.05) is 0 Å². The Kier molecular flexibility index (Phi) is 3.09. The summed E-state index contributed by atoms with van der Waals surface area (Å²) >= 11 is 0. The zero-order chi connectivity index (χ0) is 13.1.